The van der Waals surface area contributed by atoms with Crippen molar-refractivity contribution in [3.63, 3.8) is 0 Å². The Balaban J connectivity index is 2.04. The second-order valence-corrected chi connectivity index (χ2v) is 4.76. The van der Waals surface area contributed by atoms with E-state index in [1.807, 2.05) is 0 Å². The molecule has 1 nitrogen and oxygen atoms in total. The lowest BCUT2D eigenvalue weighted by molar-refractivity contribution is 0.265. The normalized spacial score (nSPS) is 43.2. The molecule has 2 bridgehead atoms. The van der Waals surface area contributed by atoms with E-state index < -0.39 is 0 Å². The average molecular weight is 167 g/mol. The fourth-order valence-corrected chi connectivity index (χ4v) is 3.00. The van der Waals surface area contributed by atoms with Crippen molar-refractivity contribution in [3.8, 4) is 0 Å². The molecule has 2 rings (SSSR count). The minimum atomic E-state index is 0.991. The van der Waals surface area contributed by atoms with Crippen molar-refractivity contribution >= 4 is 0 Å². The highest BCUT2D eigenvalue weighted by molar-refractivity contribution is 4.79. The van der Waals surface area contributed by atoms with Crippen LogP contribution in [0.2, 0.25) is 0 Å². The van der Waals surface area contributed by atoms with Crippen LogP contribution in [0.5, 0.6) is 0 Å². The fraction of sp³-hybridized carbons (Fsp3) is 1.00. The molecule has 0 radical (unpaired) electrons. The molecule has 1 heterocycles. The van der Waals surface area contributed by atoms with Gasteiger partial charge in [0.2, 0.25) is 0 Å². The summed E-state index contributed by atoms with van der Waals surface area (Å²) in [4.78, 5) is 0. The van der Waals surface area contributed by atoms with Crippen molar-refractivity contribution in [2.45, 2.75) is 39.0 Å². The topological polar surface area (TPSA) is 12.0 Å². The molecule has 1 heteroatoms. The molecule has 3 atom stereocenters. The monoisotopic (exact) mass is 167 g/mol. The van der Waals surface area contributed by atoms with Gasteiger partial charge in [-0.05, 0) is 50.1 Å². The van der Waals surface area contributed by atoms with Crippen LogP contribution in [0.25, 0.3) is 0 Å². The molecule has 2 fully saturated rings. The lowest BCUT2D eigenvalue weighted by Gasteiger charge is -2.26. The van der Waals surface area contributed by atoms with Gasteiger partial charge >= 0.3 is 0 Å². The van der Waals surface area contributed by atoms with E-state index >= 15 is 0 Å². The number of hydrogen-bond donors (Lipinski definition) is 1. The van der Waals surface area contributed by atoms with E-state index in [1.54, 1.807) is 0 Å². The van der Waals surface area contributed by atoms with Gasteiger partial charge < -0.3 is 5.32 Å². The molecule has 3 unspecified atom stereocenters. The summed E-state index contributed by atoms with van der Waals surface area (Å²) in [6, 6.07) is 0. The molecule has 0 aromatic heterocycles. The van der Waals surface area contributed by atoms with E-state index in [-0.39, 0.29) is 0 Å². The second-order valence-electron chi connectivity index (χ2n) is 4.76. The zero-order valence-corrected chi connectivity index (χ0v) is 8.18. The van der Waals surface area contributed by atoms with E-state index in [0.29, 0.717) is 0 Å². The molecular weight excluding hydrogens is 146 g/mol. The van der Waals surface area contributed by atoms with Crippen LogP contribution in [-0.2, 0) is 0 Å². The summed E-state index contributed by atoms with van der Waals surface area (Å²) in [6.07, 6.45) is 7.38. The maximum absolute atomic E-state index is 3.58. The third-order valence-corrected chi connectivity index (χ3v) is 3.82. The summed E-state index contributed by atoms with van der Waals surface area (Å²) in [6.45, 7) is 5.02. The van der Waals surface area contributed by atoms with Gasteiger partial charge in [0.05, 0.1) is 0 Å². The van der Waals surface area contributed by atoms with Crippen LogP contribution in [-0.4, -0.2) is 13.1 Å². The van der Waals surface area contributed by atoms with E-state index in [9.17, 15) is 0 Å². The summed E-state index contributed by atoms with van der Waals surface area (Å²) < 4.78 is 0. The fourth-order valence-electron chi connectivity index (χ4n) is 3.00. The predicted octanol–water partition coefficient (Wildman–Crippen LogP) is 2.42. The van der Waals surface area contributed by atoms with Gasteiger partial charge in [-0.25, -0.2) is 0 Å². The zero-order chi connectivity index (χ0) is 8.39. The minimum Gasteiger partial charge on any atom is -0.316 e. The van der Waals surface area contributed by atoms with Crippen LogP contribution in [0.15, 0.2) is 0 Å². The Morgan fingerprint density at radius 1 is 1.17 bits per heavy atom. The van der Waals surface area contributed by atoms with E-state index in [0.717, 1.165) is 17.8 Å². The summed E-state index contributed by atoms with van der Waals surface area (Å²) in [5.41, 5.74) is 0. The summed E-state index contributed by atoms with van der Waals surface area (Å²) in [7, 11) is 0. The van der Waals surface area contributed by atoms with Crippen molar-refractivity contribution in [2.24, 2.45) is 17.8 Å². The van der Waals surface area contributed by atoms with Crippen molar-refractivity contribution in [3.05, 3.63) is 0 Å². The zero-order valence-electron chi connectivity index (χ0n) is 8.18. The van der Waals surface area contributed by atoms with Crippen molar-refractivity contribution < 1.29 is 0 Å². The lowest BCUT2D eigenvalue weighted by Crippen LogP contribution is -2.29. The minimum absolute atomic E-state index is 0.991. The molecule has 1 saturated heterocycles. The molecule has 0 aromatic rings. The quantitative estimate of drug-likeness (QED) is 0.584. The van der Waals surface area contributed by atoms with Gasteiger partial charge in [-0.3, -0.25) is 0 Å². The Morgan fingerprint density at radius 2 is 2.08 bits per heavy atom. The van der Waals surface area contributed by atoms with Crippen LogP contribution in [0.4, 0.5) is 0 Å². The number of nitrogens with one attached hydrogen (secondary N) is 1. The standard InChI is InChI=1S/C11H21N/c1-9-7-10-3-2-4-11(9)5-6-12-8-10/h9-12H,2-8H2,1H3. The first-order valence-corrected chi connectivity index (χ1v) is 5.57. The predicted molar refractivity (Wildman–Crippen MR) is 52.1 cm³/mol. The summed E-state index contributed by atoms with van der Waals surface area (Å²) in [5, 5.41) is 3.58. The largest absolute Gasteiger partial charge is 0.316 e. The van der Waals surface area contributed by atoms with Crippen LogP contribution < -0.4 is 5.32 Å². The average Bonchev–Trinajstić information content (AvgIpc) is 2.18. The molecule has 0 spiro atoms. The van der Waals surface area contributed by atoms with Gasteiger partial charge in [-0.1, -0.05) is 19.8 Å². The smallest absolute Gasteiger partial charge is 0.00204 e. The number of hydrogen-bond acceptors (Lipinski definition) is 1. The molecule has 70 valence electrons. The summed E-state index contributed by atoms with van der Waals surface area (Å²) >= 11 is 0. The van der Waals surface area contributed by atoms with E-state index in [2.05, 4.69) is 12.2 Å². The molecule has 0 amide bonds. The Labute approximate surface area is 75.9 Å². The molecule has 12 heavy (non-hydrogen) atoms. The summed E-state index contributed by atoms with van der Waals surface area (Å²) in [5.74, 6) is 3.02. The molecule has 1 N–H and O–H groups in total. The molecule has 2 aliphatic rings. The highest BCUT2D eigenvalue weighted by Crippen LogP contribution is 2.34. The first-order valence-electron chi connectivity index (χ1n) is 5.57. The van der Waals surface area contributed by atoms with Crippen LogP contribution in [0.3, 0.4) is 0 Å². The van der Waals surface area contributed by atoms with E-state index in [4.69, 9.17) is 0 Å². The van der Waals surface area contributed by atoms with Gasteiger partial charge in [0.25, 0.3) is 0 Å². The Hall–Kier alpha value is -0.0400. The Kier molecular flexibility index (Phi) is 2.69. The highest BCUT2D eigenvalue weighted by Gasteiger charge is 2.26. The third kappa shape index (κ3) is 1.82. The first-order chi connectivity index (χ1) is 5.86. The first kappa shape index (κ1) is 8.55. The maximum atomic E-state index is 3.58. The van der Waals surface area contributed by atoms with Gasteiger partial charge in [-0.15, -0.1) is 0 Å². The van der Waals surface area contributed by atoms with Crippen LogP contribution in [0.1, 0.15) is 39.0 Å². The molecule has 0 aromatic carbocycles. The highest BCUT2D eigenvalue weighted by atomic mass is 14.9. The second kappa shape index (κ2) is 3.78. The molecular formula is C11H21N. The Bertz CT molecular complexity index is 140. The van der Waals surface area contributed by atoms with Gasteiger partial charge in [0.1, 0.15) is 0 Å². The molecule has 1 aliphatic heterocycles. The SMILES string of the molecule is CC1CC2CCCC1CCNC2. The van der Waals surface area contributed by atoms with Crippen molar-refractivity contribution in [2.75, 3.05) is 13.1 Å². The van der Waals surface area contributed by atoms with Crippen molar-refractivity contribution in [1.82, 2.24) is 5.32 Å². The molecule has 1 saturated carbocycles. The van der Waals surface area contributed by atoms with Crippen molar-refractivity contribution in [1.29, 1.82) is 0 Å². The van der Waals surface area contributed by atoms with Crippen LogP contribution >= 0.6 is 0 Å². The molecule has 1 aliphatic carbocycles. The van der Waals surface area contributed by atoms with Crippen LogP contribution in [0, 0.1) is 17.8 Å². The Morgan fingerprint density at radius 3 is 3.00 bits per heavy atom. The van der Waals surface area contributed by atoms with Gasteiger partial charge in [-0.2, -0.15) is 0 Å². The van der Waals surface area contributed by atoms with Gasteiger partial charge in [0, 0.05) is 0 Å². The third-order valence-electron chi connectivity index (χ3n) is 3.82. The number of fused-ring (bicyclic) bond motifs is 3. The number of rotatable bonds is 0. The lowest BCUT2D eigenvalue weighted by atomic mass is 9.84. The maximum Gasteiger partial charge on any atom is -0.00204 e. The van der Waals surface area contributed by atoms with Gasteiger partial charge in [0.15, 0.2) is 0 Å². The van der Waals surface area contributed by atoms with E-state index in [1.165, 1.54) is 45.2 Å².